The molecule has 0 atom stereocenters. The molecule has 0 aliphatic heterocycles. The van der Waals surface area contributed by atoms with Gasteiger partial charge in [0.2, 0.25) is 5.91 Å². The van der Waals surface area contributed by atoms with E-state index >= 15 is 0 Å². The first kappa shape index (κ1) is 12.7. The monoisotopic (exact) mass is 237 g/mol. The minimum atomic E-state index is -0.422. The molecule has 0 unspecified atom stereocenters. The Morgan fingerprint density at radius 1 is 1.62 bits per heavy atom. The minimum Gasteiger partial charge on any atom is -0.320 e. The molecule has 0 aliphatic rings. The first-order valence-electron chi connectivity index (χ1n) is 4.89. The highest BCUT2D eigenvalue weighted by Gasteiger charge is 2.21. The van der Waals surface area contributed by atoms with Gasteiger partial charge in [0, 0.05) is 5.41 Å². The lowest BCUT2D eigenvalue weighted by Crippen LogP contribution is -2.27. The van der Waals surface area contributed by atoms with E-state index in [0.29, 0.717) is 11.7 Å². The molecule has 0 bridgehead atoms. The zero-order chi connectivity index (χ0) is 12.2. The summed E-state index contributed by atoms with van der Waals surface area (Å²) in [6.07, 6.45) is 1.63. The average Bonchev–Trinajstić information content (AvgIpc) is 2.61. The summed E-state index contributed by atoms with van der Waals surface area (Å²) in [5, 5.41) is 3.32. The Morgan fingerprint density at radius 3 is 2.88 bits per heavy atom. The van der Waals surface area contributed by atoms with Gasteiger partial charge in [0.1, 0.15) is 0 Å². The highest BCUT2D eigenvalue weighted by Crippen LogP contribution is 2.21. The van der Waals surface area contributed by atoms with Crippen molar-refractivity contribution in [2.75, 3.05) is 11.9 Å². The lowest BCUT2D eigenvalue weighted by molar-refractivity contribution is -0.123. The molecule has 0 fully saturated rings. The van der Waals surface area contributed by atoms with Gasteiger partial charge in [-0.3, -0.25) is 4.79 Å². The number of rotatable bonds is 1. The number of carbonyl (C=O) groups is 1. The maximum atomic E-state index is 11.7. The number of aromatic nitrogens is 1. The molecule has 4 nitrogen and oxygen atoms in total. The van der Waals surface area contributed by atoms with E-state index in [9.17, 15) is 4.79 Å². The zero-order valence-electron chi connectivity index (χ0n) is 9.63. The second-order valence-electron chi connectivity index (χ2n) is 4.24. The van der Waals surface area contributed by atoms with Gasteiger partial charge >= 0.3 is 0 Å². The minimum absolute atomic E-state index is 0.0554. The molecule has 1 amide bonds. The van der Waals surface area contributed by atoms with E-state index in [1.165, 1.54) is 11.3 Å². The normalized spacial score (nSPS) is 10.5. The maximum Gasteiger partial charge on any atom is 0.231 e. The second kappa shape index (κ2) is 5.10. The number of hydrogen-bond donors (Lipinski definition) is 2. The van der Waals surface area contributed by atoms with Crippen molar-refractivity contribution in [3.05, 3.63) is 11.1 Å². The Kier molecular flexibility index (Phi) is 4.05. The third-order valence-electron chi connectivity index (χ3n) is 1.72. The van der Waals surface area contributed by atoms with Gasteiger partial charge in [0.15, 0.2) is 5.13 Å². The van der Waals surface area contributed by atoms with Crippen LogP contribution in [0.3, 0.4) is 0 Å². The van der Waals surface area contributed by atoms with Crippen molar-refractivity contribution in [3.63, 3.8) is 0 Å². The molecule has 16 heavy (non-hydrogen) atoms. The number of carbonyl (C=O) groups excluding carboxylic acids is 1. The molecule has 3 N–H and O–H groups in total. The quantitative estimate of drug-likeness (QED) is 0.726. The number of nitrogens with two attached hydrogens (primary N) is 1. The van der Waals surface area contributed by atoms with E-state index in [4.69, 9.17) is 5.73 Å². The Balaban J connectivity index is 2.69. The largest absolute Gasteiger partial charge is 0.320 e. The molecule has 0 spiro atoms. The highest BCUT2D eigenvalue weighted by atomic mass is 32.1. The third-order valence-corrected chi connectivity index (χ3v) is 2.55. The van der Waals surface area contributed by atoms with Gasteiger partial charge < -0.3 is 11.1 Å². The van der Waals surface area contributed by atoms with Crippen molar-refractivity contribution in [2.24, 2.45) is 11.1 Å². The molecule has 1 aromatic heterocycles. The summed E-state index contributed by atoms with van der Waals surface area (Å²) in [6.45, 7) is 5.88. The molecular formula is C11H15N3OS. The van der Waals surface area contributed by atoms with Crippen molar-refractivity contribution >= 4 is 22.4 Å². The summed E-state index contributed by atoms with van der Waals surface area (Å²) < 4.78 is 0. The summed E-state index contributed by atoms with van der Waals surface area (Å²) >= 11 is 1.35. The summed E-state index contributed by atoms with van der Waals surface area (Å²) in [6, 6.07) is 0. The van der Waals surface area contributed by atoms with Crippen molar-refractivity contribution < 1.29 is 4.79 Å². The number of anilines is 1. The molecular weight excluding hydrogens is 222 g/mol. The van der Waals surface area contributed by atoms with Gasteiger partial charge in [-0.05, 0) is 0 Å². The average molecular weight is 237 g/mol. The topological polar surface area (TPSA) is 68.0 Å². The van der Waals surface area contributed by atoms with Crippen LogP contribution in [0.25, 0.3) is 0 Å². The number of hydrogen-bond acceptors (Lipinski definition) is 4. The number of amides is 1. The lowest BCUT2D eigenvalue weighted by Gasteiger charge is -2.15. The zero-order valence-corrected chi connectivity index (χ0v) is 10.4. The molecule has 0 radical (unpaired) electrons. The summed E-state index contributed by atoms with van der Waals surface area (Å²) in [7, 11) is 0. The highest BCUT2D eigenvalue weighted by molar-refractivity contribution is 7.16. The van der Waals surface area contributed by atoms with Crippen LogP contribution in [-0.4, -0.2) is 17.4 Å². The predicted molar refractivity (Wildman–Crippen MR) is 66.1 cm³/mol. The summed E-state index contributed by atoms with van der Waals surface area (Å²) in [5.74, 6) is 5.55. The third kappa shape index (κ3) is 3.65. The lowest BCUT2D eigenvalue weighted by atomic mass is 9.96. The Morgan fingerprint density at radius 2 is 2.31 bits per heavy atom. The molecule has 5 heteroatoms. The number of nitrogens with one attached hydrogen (secondary N) is 1. The standard InChI is InChI=1S/C11H15N3OS/c1-11(2,3)9(15)14-10-13-7-8(16-10)5-4-6-12/h7H,6,12H2,1-3H3,(H,13,14,15). The van der Waals surface area contributed by atoms with E-state index in [0.717, 1.165) is 4.88 Å². The molecule has 0 saturated carbocycles. The van der Waals surface area contributed by atoms with Gasteiger partial charge in [-0.1, -0.05) is 43.9 Å². The van der Waals surface area contributed by atoms with Crippen LogP contribution in [0.4, 0.5) is 5.13 Å². The molecule has 1 aromatic rings. The molecule has 86 valence electrons. The Hall–Kier alpha value is -1.38. The van der Waals surface area contributed by atoms with E-state index in [-0.39, 0.29) is 5.91 Å². The van der Waals surface area contributed by atoms with Crippen molar-refractivity contribution in [1.29, 1.82) is 0 Å². The Bertz CT molecular complexity index is 434. The van der Waals surface area contributed by atoms with Crippen LogP contribution in [0.2, 0.25) is 0 Å². The SMILES string of the molecule is CC(C)(C)C(=O)Nc1ncc(C#CCN)s1. The predicted octanol–water partition coefficient (Wildman–Crippen LogP) is 1.44. The van der Waals surface area contributed by atoms with Crippen LogP contribution in [0, 0.1) is 17.3 Å². The fourth-order valence-corrected chi connectivity index (χ4v) is 1.50. The maximum absolute atomic E-state index is 11.7. The molecule has 1 rings (SSSR count). The van der Waals surface area contributed by atoms with E-state index in [1.807, 2.05) is 20.8 Å². The molecule has 0 aliphatic carbocycles. The van der Waals surface area contributed by atoms with Crippen LogP contribution in [-0.2, 0) is 4.79 Å². The summed E-state index contributed by atoms with van der Waals surface area (Å²) in [5.41, 5.74) is 4.84. The fourth-order valence-electron chi connectivity index (χ4n) is 0.812. The van der Waals surface area contributed by atoms with Crippen molar-refractivity contribution in [2.45, 2.75) is 20.8 Å². The van der Waals surface area contributed by atoms with E-state index in [1.54, 1.807) is 6.20 Å². The van der Waals surface area contributed by atoms with E-state index < -0.39 is 5.41 Å². The first-order valence-corrected chi connectivity index (χ1v) is 5.71. The Labute approximate surface area is 99.3 Å². The molecule has 0 aromatic carbocycles. The second-order valence-corrected chi connectivity index (χ2v) is 5.27. The molecule has 0 saturated heterocycles. The molecule has 1 heterocycles. The van der Waals surface area contributed by atoms with Gasteiger partial charge in [0.25, 0.3) is 0 Å². The van der Waals surface area contributed by atoms with Crippen molar-refractivity contribution in [3.8, 4) is 11.8 Å². The van der Waals surface area contributed by atoms with Gasteiger partial charge in [0.05, 0.1) is 17.6 Å². The van der Waals surface area contributed by atoms with Crippen LogP contribution in [0.1, 0.15) is 25.6 Å². The van der Waals surface area contributed by atoms with Crippen LogP contribution >= 0.6 is 11.3 Å². The summed E-state index contributed by atoms with van der Waals surface area (Å²) in [4.78, 5) is 16.5. The smallest absolute Gasteiger partial charge is 0.231 e. The van der Waals surface area contributed by atoms with Crippen molar-refractivity contribution in [1.82, 2.24) is 4.98 Å². The number of thiazole rings is 1. The van der Waals surface area contributed by atoms with Crippen LogP contribution < -0.4 is 11.1 Å². The van der Waals surface area contributed by atoms with Crippen LogP contribution in [0.5, 0.6) is 0 Å². The first-order chi connectivity index (χ1) is 7.43. The van der Waals surface area contributed by atoms with E-state index in [2.05, 4.69) is 22.1 Å². The van der Waals surface area contributed by atoms with Gasteiger partial charge in [-0.2, -0.15) is 0 Å². The fraction of sp³-hybridized carbons (Fsp3) is 0.455. The van der Waals surface area contributed by atoms with Gasteiger partial charge in [-0.15, -0.1) is 0 Å². The van der Waals surface area contributed by atoms with Crippen LogP contribution in [0.15, 0.2) is 6.20 Å². The van der Waals surface area contributed by atoms with Gasteiger partial charge in [-0.25, -0.2) is 4.98 Å². The number of nitrogens with zero attached hydrogens (tertiary/aromatic N) is 1.